The molecule has 0 amide bonds. The van der Waals surface area contributed by atoms with E-state index in [1.807, 2.05) is 0 Å². The van der Waals surface area contributed by atoms with Crippen LogP contribution in [0.2, 0.25) is 0 Å². The average molecular weight is 206 g/mol. The van der Waals surface area contributed by atoms with Crippen LogP contribution in [0.15, 0.2) is 23.0 Å². The topological polar surface area (TPSA) is 26.3 Å². The molecule has 0 atom stereocenters. The Morgan fingerprint density at radius 1 is 1.13 bits per heavy atom. The van der Waals surface area contributed by atoms with Gasteiger partial charge < -0.3 is 4.74 Å². The van der Waals surface area contributed by atoms with Crippen molar-refractivity contribution in [1.29, 1.82) is 0 Å². The molecule has 2 nitrogen and oxygen atoms in total. The maximum atomic E-state index is 10.9. The van der Waals surface area contributed by atoms with Crippen LogP contribution in [0.5, 0.6) is 0 Å². The van der Waals surface area contributed by atoms with E-state index in [-0.39, 0.29) is 5.97 Å². The average Bonchev–Trinajstić information content (AvgIpc) is 2.56. The molecule has 2 rings (SSSR count). The Labute approximate surface area is 91.0 Å². The van der Waals surface area contributed by atoms with E-state index in [2.05, 4.69) is 6.08 Å². The zero-order valence-electron chi connectivity index (χ0n) is 9.34. The van der Waals surface area contributed by atoms with Crippen LogP contribution in [0.3, 0.4) is 0 Å². The van der Waals surface area contributed by atoms with E-state index in [9.17, 15) is 4.79 Å². The van der Waals surface area contributed by atoms with Crippen molar-refractivity contribution in [2.75, 3.05) is 0 Å². The minimum absolute atomic E-state index is 0.192. The lowest BCUT2D eigenvalue weighted by atomic mass is 9.98. The largest absolute Gasteiger partial charge is 0.432 e. The van der Waals surface area contributed by atoms with Crippen molar-refractivity contribution in [2.24, 2.45) is 0 Å². The van der Waals surface area contributed by atoms with E-state index >= 15 is 0 Å². The Bertz CT molecular complexity index is 323. The zero-order valence-corrected chi connectivity index (χ0v) is 9.34. The van der Waals surface area contributed by atoms with Gasteiger partial charge in [0.05, 0.1) is 0 Å². The molecule has 0 aromatic heterocycles. The number of carbonyl (C=O) groups is 1. The lowest BCUT2D eigenvalue weighted by molar-refractivity contribution is -0.137. The third-order valence-electron chi connectivity index (χ3n) is 3.22. The molecule has 0 aliphatic heterocycles. The lowest BCUT2D eigenvalue weighted by Crippen LogP contribution is -2.01. The smallest absolute Gasteiger partial charge is 0.307 e. The van der Waals surface area contributed by atoms with E-state index in [1.165, 1.54) is 32.6 Å². The van der Waals surface area contributed by atoms with E-state index in [4.69, 9.17) is 4.74 Å². The molecule has 0 aromatic rings. The summed E-state index contributed by atoms with van der Waals surface area (Å²) in [4.78, 5) is 10.9. The molecule has 2 aliphatic rings. The first-order valence-corrected chi connectivity index (χ1v) is 5.83. The second-order valence-electron chi connectivity index (χ2n) is 4.36. The van der Waals surface area contributed by atoms with Crippen molar-refractivity contribution < 1.29 is 9.53 Å². The minimum Gasteiger partial charge on any atom is -0.432 e. The standard InChI is InChI=1S/C13H18O2/c1-10(14)15-13-7-3-6-11-4-2-5-12(11)8-9-13/h7H,2-6,8-9H2,1H3/b13-7+. The zero-order chi connectivity index (χ0) is 10.7. The summed E-state index contributed by atoms with van der Waals surface area (Å²) < 4.78 is 5.17. The van der Waals surface area contributed by atoms with Gasteiger partial charge in [-0.3, -0.25) is 4.79 Å². The molecule has 0 fully saturated rings. The Balaban J connectivity index is 1.98. The highest BCUT2D eigenvalue weighted by molar-refractivity contribution is 5.67. The molecule has 15 heavy (non-hydrogen) atoms. The molecular weight excluding hydrogens is 188 g/mol. The van der Waals surface area contributed by atoms with Gasteiger partial charge in [-0.2, -0.15) is 0 Å². The van der Waals surface area contributed by atoms with Gasteiger partial charge in [0, 0.05) is 13.3 Å². The molecule has 0 saturated carbocycles. The first-order valence-electron chi connectivity index (χ1n) is 5.83. The van der Waals surface area contributed by atoms with E-state index in [0.717, 1.165) is 25.0 Å². The van der Waals surface area contributed by atoms with Crippen LogP contribution >= 0.6 is 0 Å². The van der Waals surface area contributed by atoms with Crippen molar-refractivity contribution in [3.05, 3.63) is 23.0 Å². The number of ether oxygens (including phenoxy) is 1. The predicted octanol–water partition coefficient (Wildman–Crippen LogP) is 3.49. The summed E-state index contributed by atoms with van der Waals surface area (Å²) >= 11 is 0. The first-order chi connectivity index (χ1) is 7.25. The normalized spacial score (nSPS) is 25.0. The van der Waals surface area contributed by atoms with Crippen molar-refractivity contribution in [2.45, 2.75) is 51.9 Å². The van der Waals surface area contributed by atoms with Gasteiger partial charge in [0.15, 0.2) is 0 Å². The van der Waals surface area contributed by atoms with Gasteiger partial charge in [-0.1, -0.05) is 11.1 Å². The highest BCUT2D eigenvalue weighted by atomic mass is 16.5. The fourth-order valence-corrected chi connectivity index (χ4v) is 2.53. The molecular formula is C13H18O2. The molecule has 0 saturated heterocycles. The number of allylic oxidation sites excluding steroid dienone is 4. The van der Waals surface area contributed by atoms with Crippen molar-refractivity contribution in [1.82, 2.24) is 0 Å². The SMILES string of the molecule is CC(=O)O/C1=C/CCC2=C(CCC2)CC1. The van der Waals surface area contributed by atoms with Crippen LogP contribution in [0.4, 0.5) is 0 Å². The van der Waals surface area contributed by atoms with Crippen molar-refractivity contribution in [3.8, 4) is 0 Å². The van der Waals surface area contributed by atoms with Crippen LogP contribution < -0.4 is 0 Å². The van der Waals surface area contributed by atoms with Gasteiger partial charge in [0.1, 0.15) is 5.76 Å². The Morgan fingerprint density at radius 3 is 2.60 bits per heavy atom. The van der Waals surface area contributed by atoms with Gasteiger partial charge >= 0.3 is 5.97 Å². The van der Waals surface area contributed by atoms with Crippen molar-refractivity contribution in [3.63, 3.8) is 0 Å². The summed E-state index contributed by atoms with van der Waals surface area (Å²) in [6.45, 7) is 1.47. The maximum Gasteiger partial charge on any atom is 0.307 e. The number of hydrogen-bond donors (Lipinski definition) is 0. The summed E-state index contributed by atoms with van der Waals surface area (Å²) in [5.74, 6) is 0.684. The van der Waals surface area contributed by atoms with Crippen LogP contribution in [0.25, 0.3) is 0 Å². The quantitative estimate of drug-likeness (QED) is 0.485. The molecule has 82 valence electrons. The number of hydrogen-bond acceptors (Lipinski definition) is 2. The van der Waals surface area contributed by atoms with Crippen molar-refractivity contribution >= 4 is 5.97 Å². The predicted molar refractivity (Wildman–Crippen MR) is 59.2 cm³/mol. The van der Waals surface area contributed by atoms with Gasteiger partial charge in [-0.25, -0.2) is 0 Å². The van der Waals surface area contributed by atoms with E-state index < -0.39 is 0 Å². The molecule has 0 radical (unpaired) electrons. The molecule has 0 aromatic carbocycles. The van der Waals surface area contributed by atoms with Crippen LogP contribution in [0.1, 0.15) is 51.9 Å². The van der Waals surface area contributed by atoms with Crippen LogP contribution in [0, 0.1) is 0 Å². The first kappa shape index (κ1) is 10.5. The summed E-state index contributed by atoms with van der Waals surface area (Å²) in [6, 6.07) is 0. The third-order valence-corrected chi connectivity index (χ3v) is 3.22. The molecule has 0 spiro atoms. The van der Waals surface area contributed by atoms with Crippen LogP contribution in [-0.4, -0.2) is 5.97 Å². The second kappa shape index (κ2) is 4.65. The summed E-state index contributed by atoms with van der Waals surface area (Å²) in [5, 5.41) is 0. The molecule has 0 heterocycles. The fourth-order valence-electron chi connectivity index (χ4n) is 2.53. The summed E-state index contributed by atoms with van der Waals surface area (Å²) in [7, 11) is 0. The number of rotatable bonds is 1. The minimum atomic E-state index is -0.192. The van der Waals surface area contributed by atoms with Gasteiger partial charge in [-0.05, 0) is 44.6 Å². The molecule has 0 bridgehead atoms. The highest BCUT2D eigenvalue weighted by Gasteiger charge is 2.16. The monoisotopic (exact) mass is 206 g/mol. The van der Waals surface area contributed by atoms with Gasteiger partial charge in [0.25, 0.3) is 0 Å². The third kappa shape index (κ3) is 2.71. The number of esters is 1. The summed E-state index contributed by atoms with van der Waals surface area (Å²) in [5.41, 5.74) is 3.31. The number of carbonyl (C=O) groups excluding carboxylic acids is 1. The van der Waals surface area contributed by atoms with Gasteiger partial charge in [0.2, 0.25) is 0 Å². The highest BCUT2D eigenvalue weighted by Crippen LogP contribution is 2.34. The second-order valence-corrected chi connectivity index (χ2v) is 4.36. The van der Waals surface area contributed by atoms with E-state index in [0.29, 0.717) is 0 Å². The lowest BCUT2D eigenvalue weighted by Gasteiger charge is -2.13. The molecule has 0 unspecified atom stereocenters. The molecule has 0 N–H and O–H groups in total. The molecule has 2 aliphatic carbocycles. The molecule has 2 heteroatoms. The van der Waals surface area contributed by atoms with Crippen LogP contribution in [-0.2, 0) is 9.53 Å². The fraction of sp³-hybridized carbons (Fsp3) is 0.615. The Hall–Kier alpha value is -1.05. The van der Waals surface area contributed by atoms with E-state index in [1.54, 1.807) is 11.1 Å². The Morgan fingerprint density at radius 2 is 1.87 bits per heavy atom. The summed E-state index contributed by atoms with van der Waals surface area (Å²) in [6.07, 6.45) is 10.2. The van der Waals surface area contributed by atoms with Gasteiger partial charge in [-0.15, -0.1) is 0 Å². The maximum absolute atomic E-state index is 10.9. The Kier molecular flexibility index (Phi) is 3.24.